The van der Waals surface area contributed by atoms with Crippen molar-refractivity contribution in [2.45, 2.75) is 52.0 Å². The minimum atomic E-state index is -0.199. The van der Waals surface area contributed by atoms with Crippen molar-refractivity contribution in [2.24, 2.45) is 0 Å². The molecule has 4 nitrogen and oxygen atoms in total. The molecule has 2 aromatic rings. The molecule has 1 aliphatic rings. The van der Waals surface area contributed by atoms with Crippen LogP contribution in [0, 0.1) is 12.7 Å². The molecule has 3 rings (SSSR count). The van der Waals surface area contributed by atoms with Gasteiger partial charge in [-0.3, -0.25) is 0 Å². The highest BCUT2D eigenvalue weighted by Crippen LogP contribution is 2.26. The Labute approximate surface area is 149 Å². The molecular weight excluding hydrogens is 315 g/mol. The minimum Gasteiger partial charge on any atom is -0.354 e. The minimum absolute atomic E-state index is 0.199. The van der Waals surface area contributed by atoms with Crippen LogP contribution in [0.3, 0.4) is 0 Å². The van der Waals surface area contributed by atoms with Gasteiger partial charge in [0.05, 0.1) is 0 Å². The summed E-state index contributed by atoms with van der Waals surface area (Å²) in [7, 11) is 0. The molecular formula is C20H27FN4. The third-order valence-electron chi connectivity index (χ3n) is 4.84. The standard InChI is InChI=1S/C20H27FN4/c1-3-18-6-4-5-13-25(18)19-14-15(2)23-20(24-19)22-12-11-16-7-9-17(21)10-8-16/h7-10,14,18H,3-6,11-13H2,1-2H3,(H,22,23,24). The molecule has 1 aromatic carbocycles. The third-order valence-corrected chi connectivity index (χ3v) is 4.84. The fourth-order valence-corrected chi connectivity index (χ4v) is 3.47. The van der Waals surface area contributed by atoms with Gasteiger partial charge in [-0.05, 0) is 56.7 Å². The van der Waals surface area contributed by atoms with E-state index in [1.165, 1.54) is 31.4 Å². The van der Waals surface area contributed by atoms with Crippen LogP contribution in [0.2, 0.25) is 0 Å². The van der Waals surface area contributed by atoms with E-state index in [9.17, 15) is 4.39 Å². The van der Waals surface area contributed by atoms with Gasteiger partial charge in [0.2, 0.25) is 5.95 Å². The summed E-state index contributed by atoms with van der Waals surface area (Å²) in [5, 5.41) is 3.32. The zero-order valence-electron chi connectivity index (χ0n) is 15.1. The van der Waals surface area contributed by atoms with Crippen molar-refractivity contribution in [3.8, 4) is 0 Å². The van der Waals surface area contributed by atoms with E-state index in [-0.39, 0.29) is 5.82 Å². The van der Waals surface area contributed by atoms with Crippen LogP contribution in [0.1, 0.15) is 43.9 Å². The average molecular weight is 342 g/mol. The van der Waals surface area contributed by atoms with E-state index in [4.69, 9.17) is 4.98 Å². The van der Waals surface area contributed by atoms with Gasteiger partial charge in [0.25, 0.3) is 0 Å². The van der Waals surface area contributed by atoms with Crippen LogP contribution in [0.5, 0.6) is 0 Å². The predicted molar refractivity (Wildman–Crippen MR) is 101 cm³/mol. The summed E-state index contributed by atoms with van der Waals surface area (Å²) in [6.07, 6.45) is 5.74. The Balaban J connectivity index is 1.65. The monoisotopic (exact) mass is 342 g/mol. The van der Waals surface area contributed by atoms with Gasteiger partial charge in [0.1, 0.15) is 11.6 Å². The van der Waals surface area contributed by atoms with Crippen molar-refractivity contribution in [2.75, 3.05) is 23.3 Å². The first-order valence-electron chi connectivity index (χ1n) is 9.26. The highest BCUT2D eigenvalue weighted by atomic mass is 19.1. The van der Waals surface area contributed by atoms with Gasteiger partial charge in [0.15, 0.2) is 0 Å². The molecule has 1 unspecified atom stereocenters. The maximum absolute atomic E-state index is 13.0. The summed E-state index contributed by atoms with van der Waals surface area (Å²) in [5.41, 5.74) is 2.08. The molecule has 5 heteroatoms. The first-order valence-corrected chi connectivity index (χ1v) is 9.26. The molecule has 1 fully saturated rings. The number of aryl methyl sites for hydroxylation is 1. The first kappa shape index (κ1) is 17.6. The lowest BCUT2D eigenvalue weighted by Crippen LogP contribution is -2.39. The van der Waals surface area contributed by atoms with Crippen LogP contribution in [-0.2, 0) is 6.42 Å². The molecule has 1 saturated heterocycles. The number of anilines is 2. The average Bonchev–Trinajstić information content (AvgIpc) is 2.63. The maximum atomic E-state index is 13.0. The SMILES string of the molecule is CCC1CCCCN1c1cc(C)nc(NCCc2ccc(F)cc2)n1. The fourth-order valence-electron chi connectivity index (χ4n) is 3.47. The lowest BCUT2D eigenvalue weighted by molar-refractivity contribution is 0.446. The molecule has 1 aromatic heterocycles. The van der Waals surface area contributed by atoms with E-state index in [2.05, 4.69) is 28.2 Å². The lowest BCUT2D eigenvalue weighted by atomic mass is 10.00. The normalized spacial score (nSPS) is 17.6. The number of rotatable bonds is 6. The molecule has 2 heterocycles. The van der Waals surface area contributed by atoms with E-state index in [1.54, 1.807) is 0 Å². The van der Waals surface area contributed by atoms with Gasteiger partial charge >= 0.3 is 0 Å². The van der Waals surface area contributed by atoms with Crippen molar-refractivity contribution in [3.05, 3.63) is 47.4 Å². The lowest BCUT2D eigenvalue weighted by Gasteiger charge is -2.36. The van der Waals surface area contributed by atoms with Gasteiger partial charge in [-0.1, -0.05) is 19.1 Å². The second-order valence-electron chi connectivity index (χ2n) is 6.75. The smallest absolute Gasteiger partial charge is 0.224 e. The molecule has 0 spiro atoms. The number of hydrogen-bond donors (Lipinski definition) is 1. The van der Waals surface area contributed by atoms with Crippen LogP contribution in [-0.4, -0.2) is 29.1 Å². The van der Waals surface area contributed by atoms with Crippen LogP contribution in [0.25, 0.3) is 0 Å². The van der Waals surface area contributed by atoms with Crippen LogP contribution in [0.15, 0.2) is 30.3 Å². The Bertz CT molecular complexity index is 687. The largest absolute Gasteiger partial charge is 0.354 e. The molecule has 134 valence electrons. The van der Waals surface area contributed by atoms with E-state index in [0.29, 0.717) is 12.0 Å². The maximum Gasteiger partial charge on any atom is 0.224 e. The van der Waals surface area contributed by atoms with Crippen LogP contribution >= 0.6 is 0 Å². The highest BCUT2D eigenvalue weighted by molar-refractivity contribution is 5.46. The van der Waals surface area contributed by atoms with Gasteiger partial charge in [-0.25, -0.2) is 9.37 Å². The summed E-state index contributed by atoms with van der Waals surface area (Å²) in [6, 6.07) is 9.29. The Morgan fingerprint density at radius 3 is 2.76 bits per heavy atom. The van der Waals surface area contributed by atoms with E-state index < -0.39 is 0 Å². The Kier molecular flexibility index (Phi) is 5.84. The zero-order valence-corrected chi connectivity index (χ0v) is 15.1. The molecule has 0 amide bonds. The summed E-state index contributed by atoms with van der Waals surface area (Å²) in [6.45, 7) is 6.07. The molecule has 0 saturated carbocycles. The summed E-state index contributed by atoms with van der Waals surface area (Å²) in [5.74, 6) is 1.51. The first-order chi connectivity index (χ1) is 12.2. The summed E-state index contributed by atoms with van der Waals surface area (Å²) in [4.78, 5) is 11.7. The summed E-state index contributed by atoms with van der Waals surface area (Å²) < 4.78 is 13.0. The van der Waals surface area contributed by atoms with Crippen molar-refractivity contribution in [1.29, 1.82) is 0 Å². The number of nitrogens with zero attached hydrogens (tertiary/aromatic N) is 3. The van der Waals surface area contributed by atoms with Crippen LogP contribution < -0.4 is 10.2 Å². The van der Waals surface area contributed by atoms with Crippen molar-refractivity contribution < 1.29 is 4.39 Å². The van der Waals surface area contributed by atoms with Crippen molar-refractivity contribution in [1.82, 2.24) is 9.97 Å². The van der Waals surface area contributed by atoms with Crippen LogP contribution in [0.4, 0.5) is 16.2 Å². The van der Waals surface area contributed by atoms with Crippen molar-refractivity contribution >= 4 is 11.8 Å². The highest BCUT2D eigenvalue weighted by Gasteiger charge is 2.22. The Morgan fingerprint density at radius 2 is 2.00 bits per heavy atom. The number of aromatic nitrogens is 2. The molecule has 25 heavy (non-hydrogen) atoms. The number of piperidine rings is 1. The van der Waals surface area contributed by atoms with E-state index in [1.807, 2.05) is 19.1 Å². The Morgan fingerprint density at radius 1 is 1.20 bits per heavy atom. The van der Waals surface area contributed by atoms with E-state index >= 15 is 0 Å². The van der Waals surface area contributed by atoms with Crippen molar-refractivity contribution in [3.63, 3.8) is 0 Å². The number of nitrogens with one attached hydrogen (secondary N) is 1. The van der Waals surface area contributed by atoms with Gasteiger partial charge in [0, 0.05) is 30.9 Å². The second kappa shape index (κ2) is 8.28. The second-order valence-corrected chi connectivity index (χ2v) is 6.75. The molecule has 0 radical (unpaired) electrons. The number of hydrogen-bond acceptors (Lipinski definition) is 4. The molecule has 0 aliphatic carbocycles. The van der Waals surface area contributed by atoms with Gasteiger partial charge in [-0.15, -0.1) is 0 Å². The van der Waals surface area contributed by atoms with E-state index in [0.717, 1.165) is 43.0 Å². The molecule has 1 aliphatic heterocycles. The fraction of sp³-hybridized carbons (Fsp3) is 0.500. The predicted octanol–water partition coefficient (Wildman–Crippen LogP) is 4.35. The molecule has 1 N–H and O–H groups in total. The Hall–Kier alpha value is -2.17. The zero-order chi connectivity index (χ0) is 17.6. The number of halogens is 1. The molecule has 1 atom stereocenters. The van der Waals surface area contributed by atoms with Gasteiger partial charge < -0.3 is 10.2 Å². The molecule has 0 bridgehead atoms. The quantitative estimate of drug-likeness (QED) is 0.847. The third kappa shape index (κ3) is 4.68. The topological polar surface area (TPSA) is 41.1 Å². The van der Waals surface area contributed by atoms with Gasteiger partial charge in [-0.2, -0.15) is 4.98 Å². The summed E-state index contributed by atoms with van der Waals surface area (Å²) >= 11 is 0. The number of benzene rings is 1.